The van der Waals surface area contributed by atoms with Crippen LogP contribution in [-0.2, 0) is 9.53 Å². The summed E-state index contributed by atoms with van der Waals surface area (Å²) in [6.07, 6.45) is -3.97. The van der Waals surface area contributed by atoms with Gasteiger partial charge >= 0.3 is 6.18 Å². The van der Waals surface area contributed by atoms with Gasteiger partial charge in [0.25, 0.3) is 0 Å². The molecule has 0 aromatic heterocycles. The Morgan fingerprint density at radius 1 is 1.35 bits per heavy atom. The topological polar surface area (TPSA) is 41.6 Å². The molecule has 20 heavy (non-hydrogen) atoms. The number of rotatable bonds is 10. The second-order valence-electron chi connectivity index (χ2n) is 4.63. The van der Waals surface area contributed by atoms with Gasteiger partial charge < -0.3 is 15.0 Å². The molecule has 120 valence electrons. The van der Waals surface area contributed by atoms with Gasteiger partial charge in [-0.3, -0.25) is 4.79 Å². The number of amides is 1. The van der Waals surface area contributed by atoms with Gasteiger partial charge in [0, 0.05) is 32.2 Å². The number of ether oxygens (including phenoxy) is 1. The van der Waals surface area contributed by atoms with Gasteiger partial charge in [0.1, 0.15) is 6.54 Å². The number of carbonyl (C=O) groups excluding carboxylic acids is 1. The fourth-order valence-electron chi connectivity index (χ4n) is 1.75. The molecule has 0 saturated carbocycles. The molecule has 0 aliphatic carbocycles. The lowest BCUT2D eigenvalue weighted by Crippen LogP contribution is -2.44. The summed E-state index contributed by atoms with van der Waals surface area (Å²) in [5.74, 6) is -0.941. The highest BCUT2D eigenvalue weighted by molar-refractivity contribution is 5.78. The average Bonchev–Trinajstić information content (AvgIpc) is 2.37. The third kappa shape index (κ3) is 9.14. The Morgan fingerprint density at radius 3 is 2.50 bits per heavy atom. The van der Waals surface area contributed by atoms with Crippen molar-refractivity contribution in [1.29, 1.82) is 0 Å². The molecular weight excluding hydrogens is 273 g/mol. The van der Waals surface area contributed by atoms with E-state index in [1.165, 1.54) is 0 Å². The van der Waals surface area contributed by atoms with Gasteiger partial charge in [0.05, 0.1) is 0 Å². The predicted octanol–water partition coefficient (Wildman–Crippen LogP) is 2.05. The van der Waals surface area contributed by atoms with E-state index in [0.29, 0.717) is 32.7 Å². The highest BCUT2D eigenvalue weighted by Gasteiger charge is 2.34. The monoisotopic (exact) mass is 298 g/mol. The first-order valence-corrected chi connectivity index (χ1v) is 6.95. The van der Waals surface area contributed by atoms with E-state index in [9.17, 15) is 18.0 Å². The van der Waals surface area contributed by atoms with Crippen molar-refractivity contribution < 1.29 is 22.7 Å². The summed E-state index contributed by atoms with van der Waals surface area (Å²) in [5.41, 5.74) is 0. The number of carbonyl (C=O) groups is 1. The molecular formula is C13H25F3N2O2. The molecule has 0 heterocycles. The van der Waals surface area contributed by atoms with Crippen LogP contribution in [0.1, 0.15) is 27.2 Å². The van der Waals surface area contributed by atoms with Crippen molar-refractivity contribution in [2.75, 3.05) is 39.4 Å². The van der Waals surface area contributed by atoms with E-state index in [0.717, 1.165) is 4.90 Å². The Labute approximate surface area is 118 Å². The Balaban J connectivity index is 4.45. The fraction of sp³-hybridized carbons (Fsp3) is 0.923. The van der Waals surface area contributed by atoms with Crippen LogP contribution in [0.2, 0.25) is 0 Å². The van der Waals surface area contributed by atoms with E-state index in [4.69, 9.17) is 4.74 Å². The largest absolute Gasteiger partial charge is 0.406 e. The quantitative estimate of drug-likeness (QED) is 0.628. The zero-order valence-corrected chi connectivity index (χ0v) is 12.4. The molecule has 0 rings (SSSR count). The summed E-state index contributed by atoms with van der Waals surface area (Å²) >= 11 is 0. The van der Waals surface area contributed by atoms with Crippen molar-refractivity contribution in [1.82, 2.24) is 10.2 Å². The maximum atomic E-state index is 12.5. The van der Waals surface area contributed by atoms with Crippen LogP contribution in [0.5, 0.6) is 0 Å². The zero-order chi connectivity index (χ0) is 15.6. The van der Waals surface area contributed by atoms with E-state index in [1.807, 2.05) is 13.8 Å². The van der Waals surface area contributed by atoms with Crippen molar-refractivity contribution >= 4 is 5.91 Å². The van der Waals surface area contributed by atoms with Gasteiger partial charge in [0.2, 0.25) is 5.91 Å². The molecule has 0 aliphatic rings. The first-order chi connectivity index (χ1) is 9.31. The SMILES string of the molecule is CCNCC(C)C(=O)N(CCCOCC)CC(F)(F)F. The Hall–Kier alpha value is -0.820. The minimum absolute atomic E-state index is 0.0643. The smallest absolute Gasteiger partial charge is 0.382 e. The van der Waals surface area contributed by atoms with E-state index < -0.39 is 24.5 Å². The summed E-state index contributed by atoms with van der Waals surface area (Å²) in [4.78, 5) is 12.9. The summed E-state index contributed by atoms with van der Waals surface area (Å²) < 4.78 is 42.6. The standard InChI is InChI=1S/C13H25F3N2O2/c1-4-17-9-11(3)12(19)18(10-13(14,15)16)7-6-8-20-5-2/h11,17H,4-10H2,1-3H3. The molecule has 0 aromatic carbocycles. The summed E-state index contributed by atoms with van der Waals surface area (Å²) in [7, 11) is 0. The molecule has 0 fully saturated rings. The molecule has 1 N–H and O–H groups in total. The second kappa shape index (κ2) is 9.99. The number of hydrogen-bond donors (Lipinski definition) is 1. The molecule has 0 saturated heterocycles. The first kappa shape index (κ1) is 19.2. The lowest BCUT2D eigenvalue weighted by molar-refractivity contribution is -0.163. The van der Waals surface area contributed by atoms with Crippen LogP contribution >= 0.6 is 0 Å². The number of alkyl halides is 3. The number of halogens is 3. The van der Waals surface area contributed by atoms with Crippen LogP contribution < -0.4 is 5.32 Å². The second-order valence-corrected chi connectivity index (χ2v) is 4.63. The van der Waals surface area contributed by atoms with Gasteiger partial charge in [-0.2, -0.15) is 13.2 Å². The van der Waals surface area contributed by atoms with Crippen LogP contribution in [0.25, 0.3) is 0 Å². The van der Waals surface area contributed by atoms with E-state index >= 15 is 0 Å². The maximum absolute atomic E-state index is 12.5. The third-order valence-corrected chi connectivity index (χ3v) is 2.72. The molecule has 1 atom stereocenters. The van der Waals surface area contributed by atoms with Gasteiger partial charge in [-0.1, -0.05) is 13.8 Å². The minimum Gasteiger partial charge on any atom is -0.382 e. The van der Waals surface area contributed by atoms with E-state index in [1.54, 1.807) is 6.92 Å². The van der Waals surface area contributed by atoms with Crippen LogP contribution in [-0.4, -0.2) is 56.4 Å². The molecule has 1 unspecified atom stereocenters. The highest BCUT2D eigenvalue weighted by atomic mass is 19.4. The summed E-state index contributed by atoms with van der Waals surface area (Å²) in [6.45, 7) is 6.14. The van der Waals surface area contributed by atoms with Crippen molar-refractivity contribution in [3.8, 4) is 0 Å². The van der Waals surface area contributed by atoms with Gasteiger partial charge in [0.15, 0.2) is 0 Å². The van der Waals surface area contributed by atoms with Crippen molar-refractivity contribution in [3.05, 3.63) is 0 Å². The first-order valence-electron chi connectivity index (χ1n) is 6.95. The molecule has 4 nitrogen and oxygen atoms in total. The van der Waals surface area contributed by atoms with Crippen LogP contribution in [0.3, 0.4) is 0 Å². The highest BCUT2D eigenvalue weighted by Crippen LogP contribution is 2.18. The van der Waals surface area contributed by atoms with Crippen LogP contribution in [0.15, 0.2) is 0 Å². The summed E-state index contributed by atoms with van der Waals surface area (Å²) in [6, 6.07) is 0. The Bertz CT molecular complexity index is 273. The minimum atomic E-state index is -4.38. The van der Waals surface area contributed by atoms with Crippen molar-refractivity contribution in [2.24, 2.45) is 5.92 Å². The third-order valence-electron chi connectivity index (χ3n) is 2.72. The molecule has 0 aromatic rings. The number of nitrogens with zero attached hydrogens (tertiary/aromatic N) is 1. The number of hydrogen-bond acceptors (Lipinski definition) is 3. The Kier molecular flexibility index (Phi) is 9.58. The van der Waals surface area contributed by atoms with Crippen molar-refractivity contribution in [3.63, 3.8) is 0 Å². The predicted molar refractivity (Wildman–Crippen MR) is 71.5 cm³/mol. The Morgan fingerprint density at radius 2 is 2.00 bits per heavy atom. The molecule has 1 amide bonds. The van der Waals surface area contributed by atoms with E-state index in [-0.39, 0.29) is 6.54 Å². The summed E-state index contributed by atoms with van der Waals surface area (Å²) in [5, 5.41) is 2.97. The molecule has 0 bridgehead atoms. The fourth-order valence-corrected chi connectivity index (χ4v) is 1.75. The molecule has 0 radical (unpaired) electrons. The molecule has 7 heteroatoms. The van der Waals surface area contributed by atoms with Gasteiger partial charge in [-0.05, 0) is 19.9 Å². The average molecular weight is 298 g/mol. The van der Waals surface area contributed by atoms with Crippen LogP contribution in [0.4, 0.5) is 13.2 Å². The normalized spacial score (nSPS) is 13.3. The van der Waals surface area contributed by atoms with E-state index in [2.05, 4.69) is 5.32 Å². The van der Waals surface area contributed by atoms with Crippen LogP contribution in [0, 0.1) is 5.92 Å². The van der Waals surface area contributed by atoms with Gasteiger partial charge in [-0.25, -0.2) is 0 Å². The lowest BCUT2D eigenvalue weighted by atomic mass is 10.1. The molecule has 0 aliphatic heterocycles. The van der Waals surface area contributed by atoms with Gasteiger partial charge in [-0.15, -0.1) is 0 Å². The van der Waals surface area contributed by atoms with Crippen molar-refractivity contribution in [2.45, 2.75) is 33.4 Å². The lowest BCUT2D eigenvalue weighted by Gasteiger charge is -2.27. The number of nitrogens with one attached hydrogen (secondary N) is 1. The zero-order valence-electron chi connectivity index (χ0n) is 12.4. The molecule has 0 spiro atoms. The maximum Gasteiger partial charge on any atom is 0.406 e.